The number of hydrogen-bond donors (Lipinski definition) is 0. The van der Waals surface area contributed by atoms with Gasteiger partial charge in [-0.25, -0.2) is 4.98 Å². The van der Waals surface area contributed by atoms with Crippen molar-refractivity contribution in [2.45, 2.75) is 0 Å². The van der Waals surface area contributed by atoms with Crippen molar-refractivity contribution in [3.05, 3.63) is 61.1 Å². The van der Waals surface area contributed by atoms with Crippen LogP contribution in [-0.4, -0.2) is 4.98 Å². The van der Waals surface area contributed by atoms with Gasteiger partial charge in [-0.05, 0) is 18.2 Å². The van der Waals surface area contributed by atoms with E-state index in [2.05, 4.69) is 11.6 Å². The van der Waals surface area contributed by atoms with Gasteiger partial charge < -0.3 is 8.83 Å². The van der Waals surface area contributed by atoms with Crippen molar-refractivity contribution in [1.29, 1.82) is 0 Å². The van der Waals surface area contributed by atoms with Crippen LogP contribution < -0.4 is 0 Å². The third kappa shape index (κ3) is 1.76. The fourth-order valence-electron chi connectivity index (χ4n) is 1.78. The van der Waals surface area contributed by atoms with Crippen molar-refractivity contribution in [3.8, 4) is 22.9 Å². The Morgan fingerprint density at radius 2 is 1.89 bits per heavy atom. The van der Waals surface area contributed by atoms with Crippen LogP contribution in [0.25, 0.3) is 29.0 Å². The highest BCUT2D eigenvalue weighted by atomic mass is 16.4. The molecule has 0 spiro atoms. The Kier molecular flexibility index (Phi) is 2.57. The molecule has 0 unspecified atom stereocenters. The second-order valence-corrected chi connectivity index (χ2v) is 3.78. The second-order valence-electron chi connectivity index (χ2n) is 3.78. The lowest BCUT2D eigenvalue weighted by molar-refractivity contribution is 0.513. The number of furan rings is 1. The first-order valence-corrected chi connectivity index (χ1v) is 5.61. The van der Waals surface area contributed by atoms with Gasteiger partial charge in [0.1, 0.15) is 5.69 Å². The minimum absolute atomic E-state index is 0.466. The summed E-state index contributed by atoms with van der Waals surface area (Å²) in [5, 5.41) is 0. The summed E-state index contributed by atoms with van der Waals surface area (Å²) < 4.78 is 10.9. The standard InChI is InChI=1S/C15H11NO2/c1-2-12-14(11-7-4-3-5-8-11)16-15(18-12)13-9-6-10-17-13/h2-10H,1H2. The second kappa shape index (κ2) is 4.37. The zero-order valence-corrected chi connectivity index (χ0v) is 9.67. The Bertz CT molecular complexity index is 651. The van der Waals surface area contributed by atoms with E-state index in [0.717, 1.165) is 11.3 Å². The number of hydrogen-bond acceptors (Lipinski definition) is 3. The van der Waals surface area contributed by atoms with Crippen LogP contribution in [0.3, 0.4) is 0 Å². The van der Waals surface area contributed by atoms with Crippen molar-refractivity contribution < 1.29 is 8.83 Å². The molecule has 2 heterocycles. The van der Waals surface area contributed by atoms with Crippen molar-refractivity contribution >= 4 is 6.08 Å². The summed E-state index contributed by atoms with van der Waals surface area (Å²) in [6.07, 6.45) is 3.25. The number of oxazole rings is 1. The Labute approximate surface area is 104 Å². The Morgan fingerprint density at radius 1 is 1.06 bits per heavy atom. The minimum atomic E-state index is 0.466. The Balaban J connectivity index is 2.13. The van der Waals surface area contributed by atoms with E-state index >= 15 is 0 Å². The average molecular weight is 237 g/mol. The predicted molar refractivity (Wildman–Crippen MR) is 69.7 cm³/mol. The Morgan fingerprint density at radius 3 is 2.56 bits per heavy atom. The third-order valence-corrected chi connectivity index (χ3v) is 2.62. The van der Waals surface area contributed by atoms with E-state index in [-0.39, 0.29) is 0 Å². The highest BCUT2D eigenvalue weighted by Crippen LogP contribution is 2.29. The first-order valence-electron chi connectivity index (χ1n) is 5.61. The molecule has 0 aliphatic rings. The van der Waals surface area contributed by atoms with Crippen LogP contribution in [0.2, 0.25) is 0 Å². The maximum Gasteiger partial charge on any atom is 0.263 e. The van der Waals surface area contributed by atoms with Crippen molar-refractivity contribution in [2.75, 3.05) is 0 Å². The first kappa shape index (κ1) is 10.6. The van der Waals surface area contributed by atoms with Crippen molar-refractivity contribution in [1.82, 2.24) is 4.98 Å². The van der Waals surface area contributed by atoms with Gasteiger partial charge >= 0.3 is 0 Å². The predicted octanol–water partition coefficient (Wildman–Crippen LogP) is 4.24. The van der Waals surface area contributed by atoms with Crippen LogP contribution in [0.1, 0.15) is 5.76 Å². The number of rotatable bonds is 3. The summed E-state index contributed by atoms with van der Waals surface area (Å²) in [6, 6.07) is 13.5. The number of benzene rings is 1. The fraction of sp³-hybridized carbons (Fsp3) is 0. The summed E-state index contributed by atoms with van der Waals surface area (Å²) in [5.74, 6) is 1.72. The molecule has 0 fully saturated rings. The molecule has 0 N–H and O–H groups in total. The molecule has 88 valence electrons. The molecule has 3 aromatic rings. The molecule has 3 rings (SSSR count). The SMILES string of the molecule is C=Cc1oc(-c2ccco2)nc1-c1ccccc1. The van der Waals surface area contributed by atoms with Gasteiger partial charge in [0, 0.05) is 5.56 Å². The van der Waals surface area contributed by atoms with Crippen LogP contribution in [0.15, 0.2) is 64.1 Å². The largest absolute Gasteiger partial charge is 0.459 e. The lowest BCUT2D eigenvalue weighted by Gasteiger charge is -1.95. The van der Waals surface area contributed by atoms with Gasteiger partial charge in [-0.1, -0.05) is 36.9 Å². The molecule has 0 aliphatic heterocycles. The van der Waals surface area contributed by atoms with E-state index in [1.54, 1.807) is 18.4 Å². The number of nitrogens with zero attached hydrogens (tertiary/aromatic N) is 1. The molecule has 18 heavy (non-hydrogen) atoms. The molecule has 3 heteroatoms. The van der Waals surface area contributed by atoms with Gasteiger partial charge in [0.05, 0.1) is 6.26 Å². The van der Waals surface area contributed by atoms with Crippen LogP contribution in [0, 0.1) is 0 Å². The van der Waals surface area contributed by atoms with E-state index in [4.69, 9.17) is 8.83 Å². The summed E-state index contributed by atoms with van der Waals surface area (Å²) in [6.45, 7) is 3.75. The molecular weight excluding hydrogens is 226 g/mol. The molecule has 1 aromatic carbocycles. The average Bonchev–Trinajstić information content (AvgIpc) is 3.08. The minimum Gasteiger partial charge on any atom is -0.459 e. The molecule has 0 radical (unpaired) electrons. The lowest BCUT2D eigenvalue weighted by Crippen LogP contribution is -1.79. The summed E-state index contributed by atoms with van der Waals surface area (Å²) in [5.41, 5.74) is 1.77. The smallest absolute Gasteiger partial charge is 0.263 e. The van der Waals surface area contributed by atoms with Gasteiger partial charge in [0.2, 0.25) is 0 Å². The van der Waals surface area contributed by atoms with Gasteiger partial charge in [-0.15, -0.1) is 0 Å². The fourth-order valence-corrected chi connectivity index (χ4v) is 1.78. The summed E-state index contributed by atoms with van der Waals surface area (Å²) in [4.78, 5) is 4.46. The zero-order chi connectivity index (χ0) is 12.4. The quantitative estimate of drug-likeness (QED) is 0.683. The molecule has 0 bridgehead atoms. The maximum atomic E-state index is 5.64. The zero-order valence-electron chi connectivity index (χ0n) is 9.67. The normalized spacial score (nSPS) is 10.4. The third-order valence-electron chi connectivity index (χ3n) is 2.62. The van der Waals surface area contributed by atoms with Gasteiger partial charge in [0.15, 0.2) is 11.5 Å². The molecule has 0 amide bonds. The van der Waals surface area contributed by atoms with Crippen molar-refractivity contribution in [3.63, 3.8) is 0 Å². The highest BCUT2D eigenvalue weighted by molar-refractivity contribution is 5.70. The van der Waals surface area contributed by atoms with E-state index in [1.807, 2.05) is 36.4 Å². The highest BCUT2D eigenvalue weighted by Gasteiger charge is 2.15. The monoisotopic (exact) mass is 237 g/mol. The van der Waals surface area contributed by atoms with E-state index in [0.29, 0.717) is 17.4 Å². The van der Waals surface area contributed by atoms with Gasteiger partial charge in [0.25, 0.3) is 5.89 Å². The van der Waals surface area contributed by atoms with Crippen LogP contribution in [-0.2, 0) is 0 Å². The van der Waals surface area contributed by atoms with E-state index < -0.39 is 0 Å². The summed E-state index contributed by atoms with van der Waals surface area (Å²) >= 11 is 0. The van der Waals surface area contributed by atoms with Crippen LogP contribution in [0.4, 0.5) is 0 Å². The van der Waals surface area contributed by atoms with Crippen LogP contribution in [0.5, 0.6) is 0 Å². The van der Waals surface area contributed by atoms with E-state index in [1.165, 1.54) is 0 Å². The van der Waals surface area contributed by atoms with Gasteiger partial charge in [-0.2, -0.15) is 0 Å². The lowest BCUT2D eigenvalue weighted by atomic mass is 10.1. The molecule has 2 aromatic heterocycles. The topological polar surface area (TPSA) is 39.2 Å². The van der Waals surface area contributed by atoms with Crippen LogP contribution >= 0.6 is 0 Å². The Hall–Kier alpha value is -2.55. The summed E-state index contributed by atoms with van der Waals surface area (Å²) in [7, 11) is 0. The number of aromatic nitrogens is 1. The van der Waals surface area contributed by atoms with E-state index in [9.17, 15) is 0 Å². The molecular formula is C15H11NO2. The molecule has 0 saturated carbocycles. The maximum absolute atomic E-state index is 5.64. The molecule has 0 saturated heterocycles. The first-order chi connectivity index (χ1) is 8.88. The van der Waals surface area contributed by atoms with Crippen molar-refractivity contribution in [2.24, 2.45) is 0 Å². The molecule has 0 atom stereocenters. The molecule has 0 aliphatic carbocycles. The van der Waals surface area contributed by atoms with Gasteiger partial charge in [-0.3, -0.25) is 0 Å². The molecule has 3 nitrogen and oxygen atoms in total.